The number of amides is 1. The van der Waals surface area contributed by atoms with Gasteiger partial charge in [-0.15, -0.1) is 0 Å². The van der Waals surface area contributed by atoms with Crippen LogP contribution in [0.5, 0.6) is 5.75 Å². The fourth-order valence-electron chi connectivity index (χ4n) is 1.61. The Balaban J connectivity index is 2.79. The summed E-state index contributed by atoms with van der Waals surface area (Å²) in [5, 5.41) is 11.4. The van der Waals surface area contributed by atoms with Gasteiger partial charge in [-0.25, -0.2) is 4.79 Å². The lowest BCUT2D eigenvalue weighted by molar-refractivity contribution is -0.143. The fraction of sp³-hybridized carbons (Fsp3) is 0.467. The van der Waals surface area contributed by atoms with Gasteiger partial charge < -0.3 is 19.9 Å². The number of rotatable bonds is 6. The van der Waals surface area contributed by atoms with Crippen LogP contribution in [-0.2, 0) is 14.3 Å². The zero-order valence-corrected chi connectivity index (χ0v) is 13.8. The lowest BCUT2D eigenvalue weighted by atomic mass is 10.1. The number of aliphatic carboxylic acids is 1. The smallest absolute Gasteiger partial charge is 0.329 e. The number of halogens is 1. The Morgan fingerprint density at radius 1 is 1.27 bits per heavy atom. The number of carboxylic acids is 1. The molecular formula is C15H20ClNO5. The molecule has 0 bridgehead atoms. The number of nitrogens with one attached hydrogen (secondary N) is 1. The van der Waals surface area contributed by atoms with Gasteiger partial charge in [-0.3, -0.25) is 4.79 Å². The van der Waals surface area contributed by atoms with Crippen molar-refractivity contribution in [2.75, 3.05) is 18.5 Å². The Kier molecular flexibility index (Phi) is 6.20. The van der Waals surface area contributed by atoms with E-state index in [0.717, 1.165) is 5.56 Å². The predicted octanol–water partition coefficient (Wildman–Crippen LogP) is 2.87. The summed E-state index contributed by atoms with van der Waals surface area (Å²) in [6.45, 7) is 6.70. The Hall–Kier alpha value is -1.79. The van der Waals surface area contributed by atoms with Crippen LogP contribution in [0.2, 0.25) is 5.02 Å². The molecule has 1 aromatic carbocycles. The maximum Gasteiger partial charge on any atom is 0.329 e. The van der Waals surface area contributed by atoms with Crippen LogP contribution in [0.15, 0.2) is 12.1 Å². The SMILES string of the molecule is Cc1cc(Cl)c(NC(=O)COCC(=O)O)cc1OC(C)(C)C. The van der Waals surface area contributed by atoms with Gasteiger partial charge in [0.2, 0.25) is 5.91 Å². The third kappa shape index (κ3) is 6.32. The number of hydrogen-bond donors (Lipinski definition) is 2. The highest BCUT2D eigenvalue weighted by atomic mass is 35.5. The van der Waals surface area contributed by atoms with Crippen molar-refractivity contribution in [1.29, 1.82) is 0 Å². The molecule has 1 amide bonds. The standard InChI is InChI=1S/C15H20ClNO5/c1-9-5-10(16)11(6-12(9)22-15(2,3)4)17-13(18)7-21-8-14(19)20/h5-6H,7-8H2,1-4H3,(H,17,18)(H,19,20). The van der Waals surface area contributed by atoms with E-state index >= 15 is 0 Å². The van der Waals surface area contributed by atoms with Crippen molar-refractivity contribution in [3.8, 4) is 5.75 Å². The Morgan fingerprint density at radius 3 is 2.45 bits per heavy atom. The molecule has 0 spiro atoms. The van der Waals surface area contributed by atoms with Gasteiger partial charge in [0.1, 0.15) is 24.6 Å². The van der Waals surface area contributed by atoms with Crippen LogP contribution in [0.4, 0.5) is 5.69 Å². The summed E-state index contributed by atoms with van der Waals surface area (Å²) in [6.07, 6.45) is 0. The number of carboxylic acid groups (broad SMARTS) is 1. The highest BCUT2D eigenvalue weighted by molar-refractivity contribution is 6.33. The molecule has 7 heteroatoms. The quantitative estimate of drug-likeness (QED) is 0.838. The van der Waals surface area contributed by atoms with E-state index in [9.17, 15) is 9.59 Å². The molecule has 0 radical (unpaired) electrons. The molecule has 0 atom stereocenters. The zero-order valence-electron chi connectivity index (χ0n) is 13.0. The van der Waals surface area contributed by atoms with Gasteiger partial charge in [-0.05, 0) is 39.3 Å². The van der Waals surface area contributed by atoms with Crippen LogP contribution in [0.3, 0.4) is 0 Å². The number of aryl methyl sites for hydroxylation is 1. The largest absolute Gasteiger partial charge is 0.488 e. The van der Waals surface area contributed by atoms with Crippen LogP contribution in [0, 0.1) is 6.92 Å². The summed E-state index contributed by atoms with van der Waals surface area (Å²) in [5.41, 5.74) is 0.847. The molecule has 22 heavy (non-hydrogen) atoms. The van der Waals surface area contributed by atoms with Gasteiger partial charge in [-0.1, -0.05) is 11.6 Å². The maximum atomic E-state index is 11.7. The number of anilines is 1. The van der Waals surface area contributed by atoms with Crippen LogP contribution in [0.25, 0.3) is 0 Å². The van der Waals surface area contributed by atoms with E-state index in [2.05, 4.69) is 5.32 Å². The third-order valence-electron chi connectivity index (χ3n) is 2.41. The second-order valence-corrected chi connectivity index (χ2v) is 6.15. The van der Waals surface area contributed by atoms with E-state index in [1.807, 2.05) is 27.7 Å². The van der Waals surface area contributed by atoms with Crippen molar-refractivity contribution < 1.29 is 24.2 Å². The fourth-order valence-corrected chi connectivity index (χ4v) is 1.87. The second-order valence-electron chi connectivity index (χ2n) is 5.75. The lowest BCUT2D eigenvalue weighted by Gasteiger charge is -2.23. The molecule has 0 aromatic heterocycles. The summed E-state index contributed by atoms with van der Waals surface area (Å²) in [4.78, 5) is 22.0. The van der Waals surface area contributed by atoms with E-state index in [0.29, 0.717) is 16.5 Å². The summed E-state index contributed by atoms with van der Waals surface area (Å²) < 4.78 is 10.5. The molecule has 6 nitrogen and oxygen atoms in total. The minimum absolute atomic E-state index is 0.366. The first-order valence-corrected chi connectivity index (χ1v) is 7.05. The number of carbonyl (C=O) groups excluding carboxylic acids is 1. The van der Waals surface area contributed by atoms with Crippen molar-refractivity contribution >= 4 is 29.2 Å². The number of benzene rings is 1. The predicted molar refractivity (Wildman–Crippen MR) is 83.7 cm³/mol. The van der Waals surface area contributed by atoms with Gasteiger partial charge in [0.05, 0.1) is 10.7 Å². The highest BCUT2D eigenvalue weighted by Gasteiger charge is 2.16. The van der Waals surface area contributed by atoms with E-state index < -0.39 is 18.5 Å². The summed E-state index contributed by atoms with van der Waals surface area (Å²) >= 11 is 6.10. The van der Waals surface area contributed by atoms with Crippen LogP contribution in [0.1, 0.15) is 26.3 Å². The molecule has 122 valence electrons. The van der Waals surface area contributed by atoms with Crippen molar-refractivity contribution in [3.63, 3.8) is 0 Å². The molecule has 1 rings (SSSR count). The van der Waals surface area contributed by atoms with Crippen molar-refractivity contribution in [3.05, 3.63) is 22.7 Å². The van der Waals surface area contributed by atoms with Gasteiger partial charge >= 0.3 is 5.97 Å². The molecule has 0 unspecified atom stereocenters. The van der Waals surface area contributed by atoms with Crippen LogP contribution in [-0.4, -0.2) is 35.8 Å². The first kappa shape index (κ1) is 18.3. The molecule has 0 aliphatic rings. The van der Waals surface area contributed by atoms with Crippen molar-refractivity contribution in [2.45, 2.75) is 33.3 Å². The number of ether oxygens (including phenoxy) is 2. The first-order valence-electron chi connectivity index (χ1n) is 6.67. The molecule has 0 saturated carbocycles. The van der Waals surface area contributed by atoms with Crippen LogP contribution < -0.4 is 10.1 Å². The zero-order chi connectivity index (χ0) is 16.9. The van der Waals surface area contributed by atoms with Gasteiger partial charge in [0, 0.05) is 6.07 Å². The minimum atomic E-state index is -1.14. The highest BCUT2D eigenvalue weighted by Crippen LogP contribution is 2.32. The first-order chi connectivity index (χ1) is 10.1. The van der Waals surface area contributed by atoms with E-state index in [1.54, 1.807) is 12.1 Å². The molecular weight excluding hydrogens is 310 g/mol. The molecule has 0 aliphatic carbocycles. The lowest BCUT2D eigenvalue weighted by Crippen LogP contribution is -2.24. The van der Waals surface area contributed by atoms with E-state index in [1.165, 1.54) is 0 Å². The van der Waals surface area contributed by atoms with Crippen molar-refractivity contribution in [2.24, 2.45) is 0 Å². The topological polar surface area (TPSA) is 84.9 Å². The molecule has 1 aromatic rings. The summed E-state index contributed by atoms with van der Waals surface area (Å²) in [5.74, 6) is -1.02. The number of hydrogen-bond acceptors (Lipinski definition) is 4. The monoisotopic (exact) mass is 329 g/mol. The summed E-state index contributed by atoms with van der Waals surface area (Å²) in [6, 6.07) is 3.33. The van der Waals surface area contributed by atoms with Gasteiger partial charge in [0.25, 0.3) is 0 Å². The minimum Gasteiger partial charge on any atom is -0.488 e. The maximum absolute atomic E-state index is 11.7. The van der Waals surface area contributed by atoms with E-state index in [-0.39, 0.29) is 12.2 Å². The molecule has 0 saturated heterocycles. The second kappa shape index (κ2) is 7.47. The molecule has 0 aliphatic heterocycles. The average Bonchev–Trinajstić information content (AvgIpc) is 2.33. The molecule has 0 fully saturated rings. The molecule has 0 heterocycles. The Bertz CT molecular complexity index is 566. The van der Waals surface area contributed by atoms with Crippen LogP contribution >= 0.6 is 11.6 Å². The normalized spacial score (nSPS) is 11.1. The Morgan fingerprint density at radius 2 is 1.91 bits per heavy atom. The van der Waals surface area contributed by atoms with E-state index in [4.69, 9.17) is 26.2 Å². The average molecular weight is 330 g/mol. The molecule has 2 N–H and O–H groups in total. The van der Waals surface area contributed by atoms with Gasteiger partial charge in [0.15, 0.2) is 0 Å². The van der Waals surface area contributed by atoms with Gasteiger partial charge in [-0.2, -0.15) is 0 Å². The van der Waals surface area contributed by atoms with Crippen molar-refractivity contribution in [1.82, 2.24) is 0 Å². The summed E-state index contributed by atoms with van der Waals surface area (Å²) in [7, 11) is 0. The number of carbonyl (C=O) groups is 2. The Labute approximate surface area is 134 Å². The third-order valence-corrected chi connectivity index (χ3v) is 2.73.